The van der Waals surface area contributed by atoms with Crippen LogP contribution in [-0.4, -0.2) is 35.7 Å². The van der Waals surface area contributed by atoms with Crippen LogP contribution in [0.1, 0.15) is 29.4 Å². The number of rotatable bonds is 7. The summed E-state index contributed by atoms with van der Waals surface area (Å²) in [6, 6.07) is 0. The Balaban J connectivity index is 2.57. The predicted molar refractivity (Wildman–Crippen MR) is 69.3 cm³/mol. The molecule has 1 aromatic heterocycles. The van der Waals surface area contributed by atoms with E-state index in [4.69, 9.17) is 10.8 Å². The highest BCUT2D eigenvalue weighted by atomic mass is 32.1. The number of hydrogen-bond acceptors (Lipinski definition) is 6. The van der Waals surface area contributed by atoms with Crippen LogP contribution in [0, 0.1) is 0 Å². The summed E-state index contributed by atoms with van der Waals surface area (Å²) in [7, 11) is 0. The molecule has 1 amide bonds. The van der Waals surface area contributed by atoms with Gasteiger partial charge in [-0.3, -0.25) is 4.79 Å². The zero-order valence-corrected chi connectivity index (χ0v) is 10.6. The van der Waals surface area contributed by atoms with Crippen LogP contribution in [0.2, 0.25) is 0 Å². The van der Waals surface area contributed by atoms with Crippen molar-refractivity contribution in [1.82, 2.24) is 10.3 Å². The summed E-state index contributed by atoms with van der Waals surface area (Å²) in [6.07, 6.45) is 1.52. The first-order valence-electron chi connectivity index (χ1n) is 5.58. The Morgan fingerprint density at radius 1 is 1.53 bits per heavy atom. The minimum absolute atomic E-state index is 0.0573. The van der Waals surface area contributed by atoms with Crippen LogP contribution in [0.5, 0.6) is 0 Å². The summed E-state index contributed by atoms with van der Waals surface area (Å²) in [5.74, 6) is 0.00750. The molecule has 7 heteroatoms. The van der Waals surface area contributed by atoms with Crippen molar-refractivity contribution in [2.24, 2.45) is 0 Å². The summed E-state index contributed by atoms with van der Waals surface area (Å²) < 4.78 is 0. The molecule has 0 aliphatic rings. The standard InChI is InChI=1S/C10H18N4O2S/c1-2-4-13-10-14-8(11)7(17-10)9(16)12-5-3-6-15/h15H,2-6,11H2,1H3,(H,12,16)(H,13,14). The molecule has 0 aromatic carbocycles. The smallest absolute Gasteiger partial charge is 0.265 e. The fraction of sp³-hybridized carbons (Fsp3) is 0.600. The number of hydrogen-bond donors (Lipinski definition) is 4. The van der Waals surface area contributed by atoms with Crippen LogP contribution >= 0.6 is 11.3 Å². The van der Waals surface area contributed by atoms with Gasteiger partial charge < -0.3 is 21.5 Å². The molecular formula is C10H18N4O2S. The molecular weight excluding hydrogens is 240 g/mol. The van der Waals surface area contributed by atoms with Gasteiger partial charge in [0, 0.05) is 19.7 Å². The van der Waals surface area contributed by atoms with Crippen molar-refractivity contribution in [3.05, 3.63) is 4.88 Å². The lowest BCUT2D eigenvalue weighted by Crippen LogP contribution is -2.24. The van der Waals surface area contributed by atoms with E-state index in [0.717, 1.165) is 13.0 Å². The third-order valence-corrected chi connectivity index (χ3v) is 3.03. The summed E-state index contributed by atoms with van der Waals surface area (Å²) in [6.45, 7) is 3.34. The van der Waals surface area contributed by atoms with Gasteiger partial charge in [-0.25, -0.2) is 4.98 Å². The van der Waals surface area contributed by atoms with Gasteiger partial charge in [-0.2, -0.15) is 0 Å². The zero-order valence-electron chi connectivity index (χ0n) is 9.82. The Hall–Kier alpha value is -1.34. The molecule has 5 N–H and O–H groups in total. The average Bonchev–Trinajstić information content (AvgIpc) is 2.68. The van der Waals surface area contributed by atoms with Gasteiger partial charge in [0.15, 0.2) is 5.13 Å². The zero-order chi connectivity index (χ0) is 12.7. The van der Waals surface area contributed by atoms with Crippen LogP contribution in [0.4, 0.5) is 10.9 Å². The highest BCUT2D eigenvalue weighted by molar-refractivity contribution is 7.18. The number of nitrogens with two attached hydrogens (primary N) is 1. The van der Waals surface area contributed by atoms with Gasteiger partial charge in [0.05, 0.1) is 0 Å². The molecule has 0 unspecified atom stereocenters. The number of aromatic nitrogens is 1. The molecule has 0 saturated heterocycles. The van der Waals surface area contributed by atoms with E-state index in [1.54, 1.807) is 0 Å². The summed E-state index contributed by atoms with van der Waals surface area (Å²) in [4.78, 5) is 16.2. The maximum atomic E-state index is 11.7. The van der Waals surface area contributed by atoms with Crippen LogP contribution in [-0.2, 0) is 0 Å². The number of carbonyl (C=O) groups excluding carboxylic acids is 1. The Labute approximate surface area is 104 Å². The highest BCUT2D eigenvalue weighted by Gasteiger charge is 2.15. The van der Waals surface area contributed by atoms with Crippen molar-refractivity contribution in [1.29, 1.82) is 0 Å². The van der Waals surface area contributed by atoms with Crippen molar-refractivity contribution in [3.8, 4) is 0 Å². The third kappa shape index (κ3) is 4.20. The van der Waals surface area contributed by atoms with Crippen molar-refractivity contribution < 1.29 is 9.90 Å². The first kappa shape index (κ1) is 13.7. The Morgan fingerprint density at radius 3 is 2.94 bits per heavy atom. The molecule has 0 spiro atoms. The second-order valence-corrected chi connectivity index (χ2v) is 4.49. The van der Waals surface area contributed by atoms with Crippen LogP contribution in [0.25, 0.3) is 0 Å². The average molecular weight is 258 g/mol. The van der Waals surface area contributed by atoms with Gasteiger partial charge in [-0.1, -0.05) is 18.3 Å². The second kappa shape index (κ2) is 7.08. The summed E-state index contributed by atoms with van der Waals surface area (Å²) in [5, 5.41) is 15.0. The van der Waals surface area contributed by atoms with Gasteiger partial charge in [-0.15, -0.1) is 0 Å². The molecule has 1 aromatic rings. The van der Waals surface area contributed by atoms with Gasteiger partial charge in [0.1, 0.15) is 10.7 Å². The lowest BCUT2D eigenvalue weighted by Gasteiger charge is -2.01. The molecule has 1 heterocycles. The van der Waals surface area contributed by atoms with Gasteiger partial charge in [-0.05, 0) is 12.8 Å². The molecule has 17 heavy (non-hydrogen) atoms. The summed E-state index contributed by atoms with van der Waals surface area (Å²) in [5.41, 5.74) is 5.67. The van der Waals surface area contributed by atoms with E-state index < -0.39 is 0 Å². The molecule has 0 atom stereocenters. The number of nitrogen functional groups attached to an aromatic ring is 1. The van der Waals surface area contributed by atoms with Gasteiger partial charge in [0.25, 0.3) is 5.91 Å². The van der Waals surface area contributed by atoms with Gasteiger partial charge in [0.2, 0.25) is 0 Å². The largest absolute Gasteiger partial charge is 0.396 e. The number of anilines is 2. The minimum Gasteiger partial charge on any atom is -0.396 e. The lowest BCUT2D eigenvalue weighted by atomic mass is 10.4. The molecule has 6 nitrogen and oxygen atoms in total. The molecule has 1 rings (SSSR count). The predicted octanol–water partition coefficient (Wildman–Crippen LogP) is 0.659. The third-order valence-electron chi connectivity index (χ3n) is 2.01. The van der Waals surface area contributed by atoms with E-state index in [9.17, 15) is 4.79 Å². The maximum Gasteiger partial charge on any atom is 0.265 e. The van der Waals surface area contributed by atoms with Crippen molar-refractivity contribution in [3.63, 3.8) is 0 Å². The van der Waals surface area contributed by atoms with E-state index in [1.807, 2.05) is 6.92 Å². The highest BCUT2D eigenvalue weighted by Crippen LogP contribution is 2.24. The Kier molecular flexibility index (Phi) is 5.71. The molecule has 0 aliphatic heterocycles. The number of nitrogens with zero attached hydrogens (tertiary/aromatic N) is 1. The molecule has 0 radical (unpaired) electrons. The molecule has 0 saturated carbocycles. The Morgan fingerprint density at radius 2 is 2.29 bits per heavy atom. The normalized spacial score (nSPS) is 10.2. The molecule has 96 valence electrons. The van der Waals surface area contributed by atoms with E-state index >= 15 is 0 Å². The number of thiazole rings is 1. The van der Waals surface area contributed by atoms with Crippen LogP contribution in [0.3, 0.4) is 0 Å². The van der Waals surface area contributed by atoms with E-state index in [1.165, 1.54) is 11.3 Å². The van der Waals surface area contributed by atoms with E-state index in [2.05, 4.69) is 15.6 Å². The number of carbonyl (C=O) groups is 1. The maximum absolute atomic E-state index is 11.7. The van der Waals surface area contributed by atoms with E-state index in [-0.39, 0.29) is 18.3 Å². The molecule has 0 aliphatic carbocycles. The SMILES string of the molecule is CCCNc1nc(N)c(C(=O)NCCCO)s1. The first-order chi connectivity index (χ1) is 8.19. The molecule has 0 bridgehead atoms. The van der Waals surface area contributed by atoms with Crippen molar-refractivity contribution in [2.75, 3.05) is 30.7 Å². The Bertz CT molecular complexity index is 367. The lowest BCUT2D eigenvalue weighted by molar-refractivity contribution is 0.0956. The number of aliphatic hydroxyl groups is 1. The first-order valence-corrected chi connectivity index (χ1v) is 6.40. The van der Waals surface area contributed by atoms with Crippen molar-refractivity contribution in [2.45, 2.75) is 19.8 Å². The topological polar surface area (TPSA) is 100 Å². The fourth-order valence-electron chi connectivity index (χ4n) is 1.16. The van der Waals surface area contributed by atoms with Crippen LogP contribution in [0.15, 0.2) is 0 Å². The van der Waals surface area contributed by atoms with Crippen LogP contribution < -0.4 is 16.4 Å². The number of amides is 1. The minimum atomic E-state index is -0.238. The number of nitrogens with one attached hydrogen (secondary N) is 2. The van der Waals surface area contributed by atoms with Crippen molar-refractivity contribution >= 4 is 28.2 Å². The van der Waals surface area contributed by atoms with E-state index in [0.29, 0.717) is 23.0 Å². The quantitative estimate of drug-likeness (QED) is 0.538. The fourth-order valence-corrected chi connectivity index (χ4v) is 1.99. The molecule has 0 fully saturated rings. The summed E-state index contributed by atoms with van der Waals surface area (Å²) >= 11 is 1.24. The number of aliphatic hydroxyl groups excluding tert-OH is 1. The monoisotopic (exact) mass is 258 g/mol. The van der Waals surface area contributed by atoms with Gasteiger partial charge >= 0.3 is 0 Å². The second-order valence-electron chi connectivity index (χ2n) is 3.49.